The molecular formula is C52H63N9O11. The summed E-state index contributed by atoms with van der Waals surface area (Å²) < 4.78 is 1.93. The molecule has 382 valence electrons. The van der Waals surface area contributed by atoms with Crippen molar-refractivity contribution >= 4 is 41.0 Å². The number of aromatic nitrogens is 2. The normalized spacial score (nSPS) is 12.8. The molecule has 0 unspecified atom stereocenters. The number of hydrogen-bond acceptors (Lipinski definition) is 12. The predicted molar refractivity (Wildman–Crippen MR) is 268 cm³/mol. The summed E-state index contributed by atoms with van der Waals surface area (Å²) in [5.41, 5.74) is 8.17. The molecule has 20 heteroatoms. The van der Waals surface area contributed by atoms with E-state index in [1.807, 2.05) is 78.4 Å². The van der Waals surface area contributed by atoms with Crippen molar-refractivity contribution in [3.8, 4) is 5.75 Å². The maximum absolute atomic E-state index is 14.4. The second-order valence-corrected chi connectivity index (χ2v) is 17.8. The summed E-state index contributed by atoms with van der Waals surface area (Å²) in [5, 5.41) is 54.2. The van der Waals surface area contributed by atoms with Crippen molar-refractivity contribution in [2.75, 3.05) is 6.54 Å². The minimum absolute atomic E-state index is 0.00364. The van der Waals surface area contributed by atoms with E-state index in [0.29, 0.717) is 37.1 Å². The molecule has 20 nitrogen and oxygen atoms in total. The maximum atomic E-state index is 14.4. The van der Waals surface area contributed by atoms with Gasteiger partial charge >= 0.3 is 17.3 Å². The van der Waals surface area contributed by atoms with Gasteiger partial charge in [-0.05, 0) is 54.9 Å². The highest BCUT2D eigenvalue weighted by Gasteiger charge is 2.33. The molecule has 0 aliphatic rings. The monoisotopic (exact) mass is 989 g/mol. The van der Waals surface area contributed by atoms with Crippen molar-refractivity contribution in [1.82, 2.24) is 30.8 Å². The maximum Gasteiger partial charge on any atom is 0.326 e. The average molecular weight is 990 g/mol. The lowest BCUT2D eigenvalue weighted by Crippen LogP contribution is -2.58. The Labute approximate surface area is 417 Å². The van der Waals surface area contributed by atoms with Gasteiger partial charge in [0.1, 0.15) is 18.1 Å². The van der Waals surface area contributed by atoms with E-state index in [4.69, 9.17) is 5.73 Å². The summed E-state index contributed by atoms with van der Waals surface area (Å²) in [4.78, 5) is 93.2. The van der Waals surface area contributed by atoms with Gasteiger partial charge in [-0.25, -0.2) is 9.78 Å². The molecule has 4 amide bonds. The molecule has 8 N–H and O–H groups in total. The van der Waals surface area contributed by atoms with Crippen LogP contribution in [-0.2, 0) is 43.2 Å². The lowest BCUT2D eigenvalue weighted by molar-refractivity contribution is -0.396. The van der Waals surface area contributed by atoms with Gasteiger partial charge < -0.3 is 41.8 Å². The van der Waals surface area contributed by atoms with Crippen LogP contribution in [0, 0.1) is 27.2 Å². The van der Waals surface area contributed by atoms with Crippen LogP contribution in [0.4, 0.5) is 11.4 Å². The highest BCUT2D eigenvalue weighted by atomic mass is 16.6. The Kier molecular flexibility index (Phi) is 20.9. The zero-order valence-electron chi connectivity index (χ0n) is 40.4. The van der Waals surface area contributed by atoms with Crippen LogP contribution in [0.3, 0.4) is 0 Å². The number of nitrogens with one attached hydrogen (secondary N) is 4. The Morgan fingerprint density at radius 2 is 1.25 bits per heavy atom. The number of carbonyl (C=O) groups excluding carboxylic acids is 4. The fraction of sp³-hybridized carbons (Fsp3) is 0.385. The van der Waals surface area contributed by atoms with Gasteiger partial charge in [-0.2, -0.15) is 0 Å². The topological polar surface area (TPSA) is 304 Å². The molecule has 5 aromatic rings. The van der Waals surface area contributed by atoms with E-state index >= 15 is 0 Å². The molecule has 0 radical (unpaired) electrons. The number of carbonyl (C=O) groups is 5. The number of nitrogens with zero attached hydrogens (tertiary/aromatic N) is 4. The number of benzene rings is 4. The molecule has 1 heterocycles. The van der Waals surface area contributed by atoms with E-state index < -0.39 is 81.2 Å². The first-order valence-electron chi connectivity index (χ1n) is 24.0. The predicted octanol–water partition coefficient (Wildman–Crippen LogP) is 5.89. The average Bonchev–Trinajstić information content (AvgIpc) is 3.81. The molecule has 5 rings (SSSR count). The third-order valence-corrected chi connectivity index (χ3v) is 12.1. The molecule has 0 saturated carbocycles. The van der Waals surface area contributed by atoms with E-state index in [0.717, 1.165) is 60.9 Å². The van der Waals surface area contributed by atoms with Gasteiger partial charge in [-0.3, -0.25) is 39.4 Å². The van der Waals surface area contributed by atoms with Crippen LogP contribution < -0.4 is 27.0 Å². The standard InChI is InChI=1S/C52H63N9O11/c1-3-4-5-6-13-21-46(62)54-26-15-14-20-41(56-49(64)40(53)31-39-32-59(33-55-39)47(37-16-9-7-10-17-37)38-18-11-8-12-19-38)50(65)57-42(27-35-24-22-34(2)23-25-35)51(66)58-43(52(67)68)28-36-29-44(60(69)70)48(63)45(30-36)61(71)72/h7-12,16-19,22-25,29-30,32-33,40-43,47,63H,3-6,13-15,20-21,26-28,31,53H2,1-2H3,(H,54,62)(H,56,64)(H,57,65)(H,58,66)(H,67,68)/t40-,41-,42+,43-/m0/s1. The Bertz CT molecular complexity index is 2550. The Morgan fingerprint density at radius 3 is 1.83 bits per heavy atom. The highest BCUT2D eigenvalue weighted by molar-refractivity contribution is 5.94. The number of unbranched alkanes of at least 4 members (excludes halogenated alkanes) is 5. The van der Waals surface area contributed by atoms with Crippen LogP contribution >= 0.6 is 0 Å². The van der Waals surface area contributed by atoms with Crippen molar-refractivity contribution in [1.29, 1.82) is 0 Å². The van der Waals surface area contributed by atoms with Crippen molar-refractivity contribution in [2.45, 2.75) is 121 Å². The van der Waals surface area contributed by atoms with Crippen molar-refractivity contribution < 1.29 is 44.0 Å². The van der Waals surface area contributed by atoms with E-state index in [9.17, 15) is 54.4 Å². The largest absolute Gasteiger partial charge is 0.497 e. The zero-order valence-corrected chi connectivity index (χ0v) is 40.4. The third-order valence-electron chi connectivity index (χ3n) is 12.1. The lowest BCUT2D eigenvalue weighted by Gasteiger charge is -2.25. The van der Waals surface area contributed by atoms with Gasteiger partial charge in [0.2, 0.25) is 23.6 Å². The van der Waals surface area contributed by atoms with E-state index in [2.05, 4.69) is 33.2 Å². The number of aromatic hydroxyl groups is 1. The van der Waals surface area contributed by atoms with Gasteiger partial charge in [0.25, 0.3) is 5.75 Å². The number of nitro benzene ring substituents is 2. The molecule has 0 aliphatic heterocycles. The van der Waals surface area contributed by atoms with Crippen molar-refractivity contribution in [2.24, 2.45) is 5.73 Å². The number of nitrogens with two attached hydrogens (primary N) is 1. The molecule has 0 spiro atoms. The second kappa shape index (κ2) is 27.4. The summed E-state index contributed by atoms with van der Waals surface area (Å²) in [6.07, 6.45) is 8.85. The lowest BCUT2D eigenvalue weighted by atomic mass is 9.98. The molecule has 0 saturated heterocycles. The van der Waals surface area contributed by atoms with Crippen molar-refractivity contribution in [3.05, 3.63) is 163 Å². The number of phenols is 1. The first-order valence-corrected chi connectivity index (χ1v) is 24.0. The minimum atomic E-state index is -1.82. The van der Waals surface area contributed by atoms with Crippen molar-refractivity contribution in [3.63, 3.8) is 0 Å². The SMILES string of the molecule is CCCCCCCC(=O)NCCCC[C@H](NC(=O)[C@@H](N)Cc1cn(C(c2ccccc2)c2ccccc2)cn1)C(=O)N[C@H](Cc1ccc(C)cc1)C(=O)N[C@@H](Cc1cc([N+](=O)[O-])c(O)c([N+](=O)[O-])c1)C(=O)O. The number of phenolic OH excluding ortho intramolecular Hbond substituents is 1. The van der Waals surface area contributed by atoms with E-state index in [1.165, 1.54) is 0 Å². The number of amides is 4. The molecule has 1 aromatic heterocycles. The van der Waals surface area contributed by atoms with E-state index in [-0.39, 0.29) is 36.8 Å². The number of aliphatic carboxylic acids is 1. The van der Waals surface area contributed by atoms with Crippen LogP contribution in [0.15, 0.2) is 110 Å². The summed E-state index contributed by atoms with van der Waals surface area (Å²) in [7, 11) is 0. The smallest absolute Gasteiger partial charge is 0.326 e. The molecule has 0 aliphatic carbocycles. The van der Waals surface area contributed by atoms with Crippen LogP contribution in [0.5, 0.6) is 5.75 Å². The first kappa shape index (κ1) is 54.9. The van der Waals surface area contributed by atoms with Gasteiger partial charge in [0, 0.05) is 50.6 Å². The number of imidazole rings is 1. The zero-order chi connectivity index (χ0) is 52.2. The molecule has 0 bridgehead atoms. The third kappa shape index (κ3) is 16.6. The fourth-order valence-corrected chi connectivity index (χ4v) is 8.18. The summed E-state index contributed by atoms with van der Waals surface area (Å²) in [6.45, 7) is 4.28. The van der Waals surface area contributed by atoms with Gasteiger partial charge in [-0.15, -0.1) is 0 Å². The number of rotatable bonds is 29. The minimum Gasteiger partial charge on any atom is -0.497 e. The molecule has 4 atom stereocenters. The first-order chi connectivity index (χ1) is 34.5. The summed E-state index contributed by atoms with van der Waals surface area (Å²) in [5.74, 6) is -5.39. The number of carboxylic acid groups (broad SMARTS) is 1. The number of aryl methyl sites for hydroxylation is 1. The summed E-state index contributed by atoms with van der Waals surface area (Å²) >= 11 is 0. The quantitative estimate of drug-likeness (QED) is 0.0167. The van der Waals surface area contributed by atoms with Crippen LogP contribution in [0.2, 0.25) is 0 Å². The fourth-order valence-electron chi connectivity index (χ4n) is 8.18. The van der Waals surface area contributed by atoms with Gasteiger partial charge in [-0.1, -0.05) is 123 Å². The van der Waals surface area contributed by atoms with Gasteiger partial charge in [0.05, 0.1) is 34.0 Å². The Hall–Kier alpha value is -8.00. The number of carboxylic acids is 1. The molecule has 0 fully saturated rings. The van der Waals surface area contributed by atoms with E-state index in [1.54, 1.807) is 30.6 Å². The van der Waals surface area contributed by atoms with Crippen LogP contribution in [0.25, 0.3) is 0 Å². The van der Waals surface area contributed by atoms with Gasteiger partial charge in [0.15, 0.2) is 0 Å². The Balaban J connectivity index is 1.35. The van der Waals surface area contributed by atoms with Crippen LogP contribution in [-0.4, -0.2) is 89.9 Å². The molecule has 4 aromatic carbocycles. The second-order valence-electron chi connectivity index (χ2n) is 17.8. The van der Waals surface area contributed by atoms with Crippen LogP contribution in [0.1, 0.15) is 104 Å². The summed E-state index contributed by atoms with van der Waals surface area (Å²) in [6, 6.07) is 22.2. The molecule has 72 heavy (non-hydrogen) atoms. The molecular weight excluding hydrogens is 927 g/mol. The Morgan fingerprint density at radius 1 is 0.694 bits per heavy atom. The number of nitro groups is 2. The number of hydrogen-bond donors (Lipinski definition) is 7. The highest BCUT2D eigenvalue weighted by Crippen LogP contribution is 2.37.